The maximum atomic E-state index is 13.7. The molecule has 784 valence electrons. The van der Waals surface area contributed by atoms with E-state index < -0.39 is 115 Å². The zero-order valence-electron chi connectivity index (χ0n) is 79.0. The second kappa shape index (κ2) is 77.0. The predicted octanol–water partition coefficient (Wildman–Crippen LogP) is 1.63. The summed E-state index contributed by atoms with van der Waals surface area (Å²) in [5.41, 5.74) is 11.2. The van der Waals surface area contributed by atoms with Crippen LogP contribution in [0.2, 0.25) is 0 Å². The van der Waals surface area contributed by atoms with Crippen LogP contribution in [0.15, 0.2) is 84.1 Å². The van der Waals surface area contributed by atoms with Gasteiger partial charge in [-0.3, -0.25) is 62.8 Å². The second-order valence-corrected chi connectivity index (χ2v) is 33.3. The van der Waals surface area contributed by atoms with E-state index in [2.05, 4.69) is 80.9 Å². The standard InChI is InChI=1S/C90H140IN17O31S/c91-69-17-13-67(14-18-69)57-79(111)94-23-4-2-11-74(86(123)124)102-78(110)22-35-130-39-43-134-46-48-136-50-52-138-54-55-139-53-51-137-49-47-135-45-41-132-37-27-95-85(122)73(10-1-6-25-97-90(140)100-70-19-15-66(16-20-70)56-72-61-107(64-83(118)119)31-30-105(62-81(114)115)28-29-106(63-82(116)117)32-33-108(72)65-84(120)121)101-77(109)21-34-129-38-42-133-44-40-131-36-26-93-59-76(104-92)68-8-7-9-71(58-68)99-88(127)96-24-5-3-12-75(87(125)126)103-89(128)98-60-80(112)113/h7-9,13-20,58-59,72-75,92-93H,1-6,10-12,21-57,60-65H2,(H,94,111)(H,95,122)(H,101,109)(H,102,110)(H,112,113)(H,114,115)(H,116,117)(H,118,119)(H,120,121)(H,123,124)(H,125,126)(H2,96,99,127)(H2,97,100,140)(H2,98,103,128)/b76-59-,104-92?/t72?,73-,74-,75-/m0/s1. The summed E-state index contributed by atoms with van der Waals surface area (Å²) in [6.07, 6.45) is 5.29. The van der Waals surface area contributed by atoms with Gasteiger partial charge in [-0.1, -0.05) is 36.4 Å². The molecule has 1 heterocycles. The highest BCUT2D eigenvalue weighted by atomic mass is 127. The van der Waals surface area contributed by atoms with E-state index in [1.165, 1.54) is 6.20 Å². The molecule has 1 aliphatic heterocycles. The van der Waals surface area contributed by atoms with E-state index in [1.807, 2.05) is 41.7 Å². The lowest BCUT2D eigenvalue weighted by Crippen LogP contribution is -2.53. The van der Waals surface area contributed by atoms with E-state index >= 15 is 0 Å². The van der Waals surface area contributed by atoms with E-state index in [4.69, 9.17) is 75.0 Å². The van der Waals surface area contributed by atoms with Crippen LogP contribution in [0.5, 0.6) is 0 Å². The predicted molar refractivity (Wildman–Crippen MR) is 520 cm³/mol. The Bertz CT molecular complexity index is 4180. The Labute approximate surface area is 832 Å². The zero-order chi connectivity index (χ0) is 102. The van der Waals surface area contributed by atoms with Crippen LogP contribution in [0.4, 0.5) is 21.0 Å². The fourth-order valence-electron chi connectivity index (χ4n) is 13.4. The smallest absolute Gasteiger partial charge is 0.326 e. The third kappa shape index (κ3) is 63.2. The van der Waals surface area contributed by atoms with Gasteiger partial charge >= 0.3 is 53.8 Å². The highest BCUT2D eigenvalue weighted by molar-refractivity contribution is 14.1. The van der Waals surface area contributed by atoms with Crippen LogP contribution >= 0.6 is 34.8 Å². The average molecular weight is 2120 g/mol. The molecule has 8 amide bonds. The summed E-state index contributed by atoms with van der Waals surface area (Å²) in [5.74, 6) is -9.58. The van der Waals surface area contributed by atoms with Crippen molar-refractivity contribution in [2.75, 3.05) is 267 Å². The maximum absolute atomic E-state index is 13.7. The third-order valence-corrected chi connectivity index (χ3v) is 21.4. The Morgan fingerprint density at radius 2 is 0.843 bits per heavy atom. The summed E-state index contributed by atoms with van der Waals surface area (Å²) in [5, 5.41) is 101. The monoisotopic (exact) mass is 2110 g/mol. The number of unbranched alkanes of at least 4 members (excludes halogenated alkanes) is 3. The van der Waals surface area contributed by atoms with Crippen molar-refractivity contribution in [3.05, 3.63) is 99.3 Å². The number of nitrogens with zero attached hydrogens (tertiary/aromatic N) is 5. The zero-order valence-corrected chi connectivity index (χ0v) is 82.0. The number of anilines is 2. The number of hydrogen-bond acceptors (Lipinski definition) is 32. The molecular weight excluding hydrogens is 1970 g/mol. The van der Waals surface area contributed by atoms with Gasteiger partial charge in [0.25, 0.3) is 0 Å². The Hall–Kier alpha value is -10.7. The number of ether oxygens (including phenoxy) is 11. The molecule has 1 saturated heterocycles. The molecule has 140 heavy (non-hydrogen) atoms. The van der Waals surface area contributed by atoms with E-state index in [0.29, 0.717) is 141 Å². The van der Waals surface area contributed by atoms with Gasteiger partial charge in [-0.15, -0.1) is 0 Å². The number of urea groups is 2. The normalized spacial score (nSPS) is 14.1. The van der Waals surface area contributed by atoms with Gasteiger partial charge in [0.2, 0.25) is 23.6 Å². The number of rotatable bonds is 79. The van der Waals surface area contributed by atoms with Gasteiger partial charge < -0.3 is 146 Å². The summed E-state index contributed by atoms with van der Waals surface area (Å²) in [6, 6.07) is 16.2. The number of carboxylic acids is 7. The third-order valence-electron chi connectivity index (χ3n) is 20.5. The van der Waals surface area contributed by atoms with Gasteiger partial charge in [0.05, 0.1) is 178 Å². The van der Waals surface area contributed by atoms with E-state index in [0.717, 1.165) is 14.7 Å². The SMILES string of the molecule is N=N/C(=C\NCCOCCOCCOCCC(=O)N[C@@H](CCCCNC(=S)Nc1ccc(CC2CN(CC(=O)O)CCN(CC(=O)O)CCN(CC(=O)O)CCN2CC(=O)O)cc1)C(=O)NCCOCCOCCOCCOCCOCCOCCOCCOCCC(=O)N[C@@H](CCCCNC(=O)Cc1ccc(I)cc1)C(=O)O)c1cccc(NC(=O)NCCCC[C@H](NC(=O)NCC(=O)O)C(=O)O)c1. The Morgan fingerprint density at radius 1 is 0.414 bits per heavy atom. The molecule has 48 nitrogen and oxygen atoms in total. The summed E-state index contributed by atoms with van der Waals surface area (Å²) in [7, 11) is 0. The van der Waals surface area contributed by atoms with Crippen LogP contribution < -0.4 is 58.5 Å². The number of benzene rings is 3. The molecule has 1 fully saturated rings. The summed E-state index contributed by atoms with van der Waals surface area (Å²) in [6.45, 7) is 6.13. The van der Waals surface area contributed by atoms with Crippen molar-refractivity contribution >= 4 is 134 Å². The van der Waals surface area contributed by atoms with Gasteiger partial charge in [0.1, 0.15) is 30.4 Å². The minimum absolute atomic E-state index is 0.00984. The first-order valence-corrected chi connectivity index (χ1v) is 47.9. The Morgan fingerprint density at radius 3 is 1.33 bits per heavy atom. The average Bonchev–Trinajstić information content (AvgIpc) is 0.856. The first-order chi connectivity index (χ1) is 67.5. The molecule has 0 aliphatic carbocycles. The lowest BCUT2D eigenvalue weighted by molar-refractivity contribution is -0.142. The summed E-state index contributed by atoms with van der Waals surface area (Å²) in [4.78, 5) is 165. The Balaban J connectivity index is 1.12. The van der Waals surface area contributed by atoms with E-state index in [9.17, 15) is 93.0 Å². The van der Waals surface area contributed by atoms with Crippen molar-refractivity contribution in [1.82, 2.24) is 67.5 Å². The van der Waals surface area contributed by atoms with Crippen molar-refractivity contribution in [2.45, 2.75) is 108 Å². The molecule has 0 spiro atoms. The number of carbonyl (C=O) groups excluding carboxylic acids is 6. The molecule has 19 N–H and O–H groups in total. The van der Waals surface area contributed by atoms with Crippen molar-refractivity contribution in [3.63, 3.8) is 0 Å². The van der Waals surface area contributed by atoms with Crippen LogP contribution in [-0.4, -0.2) is 419 Å². The molecule has 0 radical (unpaired) electrons. The van der Waals surface area contributed by atoms with Crippen molar-refractivity contribution < 1.29 is 150 Å². The van der Waals surface area contributed by atoms with Crippen LogP contribution in [0.25, 0.3) is 5.70 Å². The molecule has 1 unspecified atom stereocenters. The van der Waals surface area contributed by atoms with Crippen molar-refractivity contribution in [3.8, 4) is 0 Å². The van der Waals surface area contributed by atoms with Crippen LogP contribution in [-0.2, 0) is 118 Å². The lowest BCUT2D eigenvalue weighted by atomic mass is 10.0. The first kappa shape index (κ1) is 122. The van der Waals surface area contributed by atoms with Crippen molar-refractivity contribution in [1.29, 1.82) is 5.53 Å². The molecule has 3 aromatic carbocycles. The van der Waals surface area contributed by atoms with Gasteiger partial charge in [-0.25, -0.2) is 24.7 Å². The van der Waals surface area contributed by atoms with Gasteiger partial charge in [0, 0.05) is 124 Å². The molecule has 0 bridgehead atoms. The fraction of sp³-hybridized carbons (Fsp3) is 0.622. The van der Waals surface area contributed by atoms with Crippen LogP contribution in [0.1, 0.15) is 87.3 Å². The van der Waals surface area contributed by atoms with Crippen LogP contribution in [0, 0.1) is 9.10 Å². The van der Waals surface area contributed by atoms with Gasteiger partial charge in [-0.05, 0) is 147 Å². The number of hydrogen-bond donors (Lipinski definition) is 19. The number of carboxylic acid groups (broad SMARTS) is 7. The second-order valence-electron chi connectivity index (χ2n) is 31.7. The van der Waals surface area contributed by atoms with E-state index in [-0.39, 0.29) is 213 Å². The topological polar surface area (TPSA) is 647 Å². The molecule has 1 aliphatic rings. The molecule has 3 aromatic rings. The molecule has 4 atom stereocenters. The molecular formula is C90H140IN17O31S. The van der Waals surface area contributed by atoms with Gasteiger partial charge in [-0.2, -0.15) is 5.11 Å². The highest BCUT2D eigenvalue weighted by Crippen LogP contribution is 2.21. The largest absolute Gasteiger partial charge is 0.480 e. The number of thiocarbonyl (C=S) groups is 1. The fourth-order valence-corrected chi connectivity index (χ4v) is 14.0. The minimum atomic E-state index is -1.30. The lowest BCUT2D eigenvalue weighted by Gasteiger charge is -2.37. The van der Waals surface area contributed by atoms with E-state index in [1.54, 1.807) is 56.0 Å². The first-order valence-electron chi connectivity index (χ1n) is 46.4. The quantitative estimate of drug-likeness (QED) is 0.0165. The number of nitrogens with one attached hydrogen (secondary N) is 12. The van der Waals surface area contributed by atoms with Gasteiger partial charge in [0.15, 0.2) is 5.11 Å². The maximum Gasteiger partial charge on any atom is 0.326 e. The number of aliphatic carboxylic acids is 7. The summed E-state index contributed by atoms with van der Waals surface area (Å²) < 4.78 is 62.6. The molecule has 0 aromatic heterocycles. The number of carbonyl (C=O) groups is 13. The number of amides is 8. The summed E-state index contributed by atoms with van der Waals surface area (Å²) >= 11 is 7.83. The highest BCUT2D eigenvalue weighted by Gasteiger charge is 2.30. The Kier molecular flexibility index (Phi) is 66.9. The minimum Gasteiger partial charge on any atom is -0.480 e. The van der Waals surface area contributed by atoms with Crippen LogP contribution in [0.3, 0.4) is 0 Å². The van der Waals surface area contributed by atoms with Crippen molar-refractivity contribution in [2.24, 2.45) is 5.11 Å². The number of halogens is 1. The molecule has 4 rings (SSSR count). The molecule has 50 heteroatoms. The molecule has 0 saturated carbocycles.